The van der Waals surface area contributed by atoms with Crippen LogP contribution in [-0.2, 0) is 11.3 Å². The number of amides is 2. The van der Waals surface area contributed by atoms with Crippen molar-refractivity contribution in [2.45, 2.75) is 19.0 Å². The van der Waals surface area contributed by atoms with Gasteiger partial charge in [-0.2, -0.15) is 0 Å². The van der Waals surface area contributed by atoms with E-state index in [0.717, 1.165) is 11.1 Å². The summed E-state index contributed by atoms with van der Waals surface area (Å²) in [5, 5.41) is 5.86. The highest BCUT2D eigenvalue weighted by Crippen LogP contribution is 2.17. The zero-order valence-corrected chi connectivity index (χ0v) is 14.8. The van der Waals surface area contributed by atoms with Gasteiger partial charge in [-0.05, 0) is 35.4 Å². The molecule has 3 aromatic rings. The number of rotatable bonds is 7. The molecule has 1 unspecified atom stereocenters. The van der Waals surface area contributed by atoms with E-state index in [1.807, 2.05) is 60.7 Å². The first kappa shape index (κ1) is 18.3. The maximum atomic E-state index is 12.5. The molecule has 3 rings (SSSR count). The van der Waals surface area contributed by atoms with E-state index in [4.69, 9.17) is 0 Å². The quantitative estimate of drug-likeness (QED) is 0.680. The van der Waals surface area contributed by atoms with E-state index < -0.39 is 6.04 Å². The Morgan fingerprint density at radius 2 is 1.48 bits per heavy atom. The van der Waals surface area contributed by atoms with Crippen LogP contribution in [0, 0.1) is 0 Å². The minimum atomic E-state index is -0.406. The second kappa shape index (κ2) is 9.29. The van der Waals surface area contributed by atoms with Crippen LogP contribution in [0.2, 0.25) is 0 Å². The lowest BCUT2D eigenvalue weighted by molar-refractivity contribution is -0.121. The van der Waals surface area contributed by atoms with Crippen LogP contribution in [-0.4, -0.2) is 16.8 Å². The van der Waals surface area contributed by atoms with E-state index in [9.17, 15) is 9.59 Å². The molecular weight excluding hydrogens is 338 g/mol. The van der Waals surface area contributed by atoms with Crippen LogP contribution in [0.4, 0.5) is 0 Å². The van der Waals surface area contributed by atoms with Crippen LogP contribution in [0.3, 0.4) is 0 Å². The Morgan fingerprint density at radius 1 is 0.852 bits per heavy atom. The Hall–Kier alpha value is -3.47. The monoisotopic (exact) mass is 359 g/mol. The van der Waals surface area contributed by atoms with E-state index in [2.05, 4.69) is 15.6 Å². The molecule has 0 spiro atoms. The van der Waals surface area contributed by atoms with Gasteiger partial charge in [-0.3, -0.25) is 14.6 Å². The Bertz CT molecular complexity index is 868. The minimum absolute atomic E-state index is 0.131. The van der Waals surface area contributed by atoms with Crippen molar-refractivity contribution in [3.05, 3.63) is 102 Å². The van der Waals surface area contributed by atoms with Crippen molar-refractivity contribution in [1.82, 2.24) is 15.6 Å². The van der Waals surface area contributed by atoms with Gasteiger partial charge in [-0.15, -0.1) is 0 Å². The van der Waals surface area contributed by atoms with Crippen molar-refractivity contribution in [3.8, 4) is 0 Å². The third kappa shape index (κ3) is 5.51. The van der Waals surface area contributed by atoms with Crippen molar-refractivity contribution >= 4 is 11.8 Å². The highest BCUT2D eigenvalue weighted by atomic mass is 16.2. The van der Waals surface area contributed by atoms with Crippen LogP contribution in [0.25, 0.3) is 0 Å². The summed E-state index contributed by atoms with van der Waals surface area (Å²) >= 11 is 0. The summed E-state index contributed by atoms with van der Waals surface area (Å²) in [7, 11) is 0. The normalized spacial score (nSPS) is 11.4. The average Bonchev–Trinajstić information content (AvgIpc) is 2.74. The van der Waals surface area contributed by atoms with Gasteiger partial charge < -0.3 is 10.6 Å². The fourth-order valence-corrected chi connectivity index (χ4v) is 2.73. The van der Waals surface area contributed by atoms with Gasteiger partial charge in [0.2, 0.25) is 5.91 Å². The van der Waals surface area contributed by atoms with Gasteiger partial charge in [0.05, 0.1) is 12.5 Å². The maximum Gasteiger partial charge on any atom is 0.251 e. The molecule has 0 bridgehead atoms. The lowest BCUT2D eigenvalue weighted by Gasteiger charge is -2.19. The summed E-state index contributed by atoms with van der Waals surface area (Å²) in [6, 6.07) is 21.8. The van der Waals surface area contributed by atoms with Crippen molar-refractivity contribution < 1.29 is 9.59 Å². The molecule has 0 aliphatic heterocycles. The third-order valence-electron chi connectivity index (χ3n) is 4.17. The van der Waals surface area contributed by atoms with E-state index in [1.165, 1.54) is 0 Å². The summed E-state index contributed by atoms with van der Waals surface area (Å²) in [4.78, 5) is 28.9. The topological polar surface area (TPSA) is 71.1 Å². The lowest BCUT2D eigenvalue weighted by Crippen LogP contribution is -2.33. The van der Waals surface area contributed by atoms with Gasteiger partial charge in [-0.1, -0.05) is 48.5 Å². The van der Waals surface area contributed by atoms with Crippen LogP contribution < -0.4 is 10.6 Å². The predicted octanol–water partition coefficient (Wildman–Crippen LogP) is 3.26. The van der Waals surface area contributed by atoms with E-state index in [-0.39, 0.29) is 18.2 Å². The van der Waals surface area contributed by atoms with Crippen molar-refractivity contribution in [2.75, 3.05) is 0 Å². The molecule has 5 nitrogen and oxygen atoms in total. The molecule has 0 saturated carbocycles. The molecule has 1 aromatic heterocycles. The SMILES string of the molecule is O=C(CC(NC(=O)c1ccccc1)c1ccccc1)NCc1ccncc1. The molecule has 2 aromatic carbocycles. The molecule has 1 atom stereocenters. The molecule has 0 aliphatic carbocycles. The van der Waals surface area contributed by atoms with E-state index in [0.29, 0.717) is 12.1 Å². The first-order valence-electron chi connectivity index (χ1n) is 8.79. The van der Waals surface area contributed by atoms with Gasteiger partial charge >= 0.3 is 0 Å². The molecule has 0 saturated heterocycles. The fraction of sp³-hybridized carbons (Fsp3) is 0.136. The number of carbonyl (C=O) groups is 2. The first-order chi connectivity index (χ1) is 13.2. The van der Waals surface area contributed by atoms with Crippen molar-refractivity contribution in [2.24, 2.45) is 0 Å². The number of hydrogen-bond donors (Lipinski definition) is 2. The second-order valence-corrected chi connectivity index (χ2v) is 6.14. The predicted molar refractivity (Wildman–Crippen MR) is 104 cm³/mol. The number of hydrogen-bond acceptors (Lipinski definition) is 3. The molecular formula is C22H21N3O2. The Balaban J connectivity index is 1.67. The summed E-state index contributed by atoms with van der Waals surface area (Å²) in [6.45, 7) is 0.426. The zero-order chi connectivity index (χ0) is 18.9. The van der Waals surface area contributed by atoms with Gasteiger partial charge in [-0.25, -0.2) is 0 Å². The molecule has 5 heteroatoms. The number of carbonyl (C=O) groups excluding carboxylic acids is 2. The van der Waals surface area contributed by atoms with Crippen molar-refractivity contribution in [1.29, 1.82) is 0 Å². The average molecular weight is 359 g/mol. The van der Waals surface area contributed by atoms with Gasteiger partial charge in [0.1, 0.15) is 0 Å². The van der Waals surface area contributed by atoms with E-state index in [1.54, 1.807) is 24.5 Å². The Morgan fingerprint density at radius 3 is 2.15 bits per heavy atom. The standard InChI is InChI=1S/C22H21N3O2/c26-21(24-16-17-11-13-23-14-12-17)15-20(18-7-3-1-4-8-18)25-22(27)19-9-5-2-6-10-19/h1-14,20H,15-16H2,(H,24,26)(H,25,27). The van der Waals surface area contributed by atoms with Crippen LogP contribution in [0.5, 0.6) is 0 Å². The number of benzene rings is 2. The summed E-state index contributed by atoms with van der Waals surface area (Å²) < 4.78 is 0. The molecule has 1 heterocycles. The Kier molecular flexibility index (Phi) is 6.30. The number of nitrogens with zero attached hydrogens (tertiary/aromatic N) is 1. The maximum absolute atomic E-state index is 12.5. The van der Waals surface area contributed by atoms with Gasteiger partial charge in [0.25, 0.3) is 5.91 Å². The summed E-state index contributed by atoms with van der Waals surface area (Å²) in [5.41, 5.74) is 2.43. The molecule has 2 N–H and O–H groups in total. The molecule has 2 amide bonds. The summed E-state index contributed by atoms with van der Waals surface area (Å²) in [6.07, 6.45) is 3.54. The highest BCUT2D eigenvalue weighted by Gasteiger charge is 2.19. The van der Waals surface area contributed by atoms with Crippen molar-refractivity contribution in [3.63, 3.8) is 0 Å². The zero-order valence-electron chi connectivity index (χ0n) is 14.8. The highest BCUT2D eigenvalue weighted by molar-refractivity contribution is 5.94. The minimum Gasteiger partial charge on any atom is -0.352 e. The third-order valence-corrected chi connectivity index (χ3v) is 4.17. The molecule has 0 radical (unpaired) electrons. The summed E-state index contributed by atoms with van der Waals surface area (Å²) in [5.74, 6) is -0.333. The molecule has 0 aliphatic rings. The first-order valence-corrected chi connectivity index (χ1v) is 8.79. The van der Waals surface area contributed by atoms with E-state index >= 15 is 0 Å². The van der Waals surface area contributed by atoms with Crippen LogP contribution in [0.1, 0.15) is 33.9 Å². The number of pyridine rings is 1. The fourth-order valence-electron chi connectivity index (χ4n) is 2.73. The molecule has 27 heavy (non-hydrogen) atoms. The lowest BCUT2D eigenvalue weighted by atomic mass is 10.0. The number of aromatic nitrogens is 1. The van der Waals surface area contributed by atoms with Gasteiger partial charge in [0.15, 0.2) is 0 Å². The number of nitrogens with one attached hydrogen (secondary N) is 2. The second-order valence-electron chi connectivity index (χ2n) is 6.14. The Labute approximate surface area is 158 Å². The molecule has 0 fully saturated rings. The van der Waals surface area contributed by atoms with Gasteiger partial charge in [0, 0.05) is 24.5 Å². The van der Waals surface area contributed by atoms with Crippen LogP contribution in [0.15, 0.2) is 85.2 Å². The largest absolute Gasteiger partial charge is 0.352 e. The van der Waals surface area contributed by atoms with Crippen LogP contribution >= 0.6 is 0 Å². The molecule has 136 valence electrons. The smallest absolute Gasteiger partial charge is 0.251 e.